The van der Waals surface area contributed by atoms with E-state index in [2.05, 4.69) is 6.58 Å². The molecule has 6 atom stereocenters. The number of carbonyl (C=O) groups is 1. The highest BCUT2D eigenvalue weighted by Gasteiger charge is 2.55. The molecule has 4 fully saturated rings. The maximum atomic E-state index is 12.4. The fourth-order valence-electron chi connectivity index (χ4n) is 6.57. The van der Waals surface area contributed by atoms with E-state index in [9.17, 15) is 4.79 Å². The predicted molar refractivity (Wildman–Crippen MR) is 91.9 cm³/mol. The zero-order chi connectivity index (χ0) is 16.0. The lowest BCUT2D eigenvalue weighted by molar-refractivity contribution is -0.176. The van der Waals surface area contributed by atoms with Gasteiger partial charge in [-0.15, -0.1) is 0 Å². The van der Waals surface area contributed by atoms with Crippen LogP contribution in [0.25, 0.3) is 0 Å². The second-order valence-electron chi connectivity index (χ2n) is 9.06. The molecule has 23 heavy (non-hydrogen) atoms. The summed E-state index contributed by atoms with van der Waals surface area (Å²) in [6.07, 6.45) is 14.6. The van der Waals surface area contributed by atoms with E-state index < -0.39 is 0 Å². The number of esters is 1. The van der Waals surface area contributed by atoms with E-state index in [1.807, 2.05) is 0 Å². The molecule has 0 aliphatic heterocycles. The van der Waals surface area contributed by atoms with Gasteiger partial charge in [0, 0.05) is 11.5 Å². The Bertz CT molecular complexity index is 496. The van der Waals surface area contributed by atoms with Gasteiger partial charge in [0.25, 0.3) is 0 Å². The summed E-state index contributed by atoms with van der Waals surface area (Å²) in [5, 5.41) is 0. The van der Waals surface area contributed by atoms with E-state index >= 15 is 0 Å². The van der Waals surface area contributed by atoms with Crippen LogP contribution >= 0.6 is 0 Å². The zero-order valence-electron chi connectivity index (χ0n) is 14.7. The average molecular weight is 316 g/mol. The van der Waals surface area contributed by atoms with Crippen molar-refractivity contribution in [2.75, 3.05) is 0 Å². The molecular formula is C21H32O2. The minimum Gasteiger partial charge on any atom is -0.455 e. The first-order chi connectivity index (χ1) is 11.1. The van der Waals surface area contributed by atoms with Gasteiger partial charge in [-0.05, 0) is 69.1 Å². The Morgan fingerprint density at radius 2 is 1.78 bits per heavy atom. The molecule has 4 rings (SSSR count). The molecule has 0 N–H and O–H groups in total. The smallest absolute Gasteiger partial charge is 0.333 e. The Balaban J connectivity index is 1.58. The Kier molecular flexibility index (Phi) is 4.06. The Morgan fingerprint density at radius 3 is 2.43 bits per heavy atom. The third-order valence-electron chi connectivity index (χ3n) is 7.67. The maximum Gasteiger partial charge on any atom is 0.333 e. The van der Waals surface area contributed by atoms with Gasteiger partial charge in [0.1, 0.15) is 5.60 Å². The maximum absolute atomic E-state index is 12.4. The van der Waals surface area contributed by atoms with Gasteiger partial charge in [-0.2, -0.15) is 0 Å². The van der Waals surface area contributed by atoms with Crippen molar-refractivity contribution in [3.05, 3.63) is 12.2 Å². The number of hydrogen-bond acceptors (Lipinski definition) is 2. The first kappa shape index (κ1) is 15.7. The fraction of sp³-hybridized carbons (Fsp3) is 0.857. The summed E-state index contributed by atoms with van der Waals surface area (Å²) in [5.41, 5.74) is 0.410. The van der Waals surface area contributed by atoms with Crippen LogP contribution in [0.4, 0.5) is 0 Å². The summed E-state index contributed by atoms with van der Waals surface area (Å²) < 4.78 is 6.29. The van der Waals surface area contributed by atoms with Crippen LogP contribution in [0, 0.1) is 29.6 Å². The molecule has 4 aliphatic carbocycles. The fourth-order valence-corrected chi connectivity index (χ4v) is 6.57. The quantitative estimate of drug-likeness (QED) is 0.523. The highest BCUT2D eigenvalue weighted by Crippen LogP contribution is 2.58. The average Bonchev–Trinajstić information content (AvgIpc) is 3.18. The molecule has 5 unspecified atom stereocenters. The molecule has 4 saturated carbocycles. The van der Waals surface area contributed by atoms with Gasteiger partial charge >= 0.3 is 5.97 Å². The van der Waals surface area contributed by atoms with Gasteiger partial charge in [-0.1, -0.05) is 38.7 Å². The van der Waals surface area contributed by atoms with Crippen molar-refractivity contribution in [3.8, 4) is 0 Å². The number of hydrogen-bond donors (Lipinski definition) is 0. The lowest BCUT2D eigenvalue weighted by atomic mass is 9.60. The van der Waals surface area contributed by atoms with E-state index in [1.54, 1.807) is 6.92 Å². The number of rotatable bonds is 3. The monoisotopic (exact) mass is 316 g/mol. The molecule has 0 saturated heterocycles. The predicted octanol–water partition coefficient (Wildman–Crippen LogP) is 5.27. The van der Waals surface area contributed by atoms with Crippen molar-refractivity contribution in [2.45, 2.75) is 83.2 Å². The van der Waals surface area contributed by atoms with Crippen molar-refractivity contribution in [3.63, 3.8) is 0 Å². The molecule has 128 valence electrons. The number of carbonyl (C=O) groups excluding carboxylic acids is 1. The highest BCUT2D eigenvalue weighted by atomic mass is 16.6. The van der Waals surface area contributed by atoms with E-state index in [4.69, 9.17) is 4.74 Å². The van der Waals surface area contributed by atoms with Gasteiger partial charge in [-0.25, -0.2) is 4.79 Å². The minimum absolute atomic E-state index is 0.137. The summed E-state index contributed by atoms with van der Waals surface area (Å²) in [7, 11) is 0. The van der Waals surface area contributed by atoms with Gasteiger partial charge in [-0.3, -0.25) is 0 Å². The SMILES string of the molecule is C=C(C)C(=O)OC1(C2CC3CC[C@H]2C3)CCC2CCCCC2C1. The molecule has 0 amide bonds. The van der Waals surface area contributed by atoms with E-state index in [-0.39, 0.29) is 11.6 Å². The van der Waals surface area contributed by atoms with Crippen molar-refractivity contribution in [1.82, 2.24) is 0 Å². The van der Waals surface area contributed by atoms with Gasteiger partial charge in [0.2, 0.25) is 0 Å². The Hall–Kier alpha value is -0.790. The van der Waals surface area contributed by atoms with Gasteiger partial charge < -0.3 is 4.74 Å². The Morgan fingerprint density at radius 1 is 1.00 bits per heavy atom. The van der Waals surface area contributed by atoms with Crippen LogP contribution < -0.4 is 0 Å². The van der Waals surface area contributed by atoms with Crippen molar-refractivity contribution in [1.29, 1.82) is 0 Å². The third-order valence-corrected chi connectivity index (χ3v) is 7.67. The lowest BCUT2D eigenvalue weighted by Gasteiger charge is -2.50. The third kappa shape index (κ3) is 2.76. The molecule has 2 bridgehead atoms. The molecule has 0 aromatic carbocycles. The van der Waals surface area contributed by atoms with Gasteiger partial charge in [0.15, 0.2) is 0 Å². The molecule has 0 radical (unpaired) electrons. The first-order valence-electron chi connectivity index (χ1n) is 9.96. The number of fused-ring (bicyclic) bond motifs is 3. The van der Waals surface area contributed by atoms with Crippen molar-refractivity contribution < 1.29 is 9.53 Å². The second-order valence-corrected chi connectivity index (χ2v) is 9.06. The topological polar surface area (TPSA) is 26.3 Å². The summed E-state index contributed by atoms with van der Waals surface area (Å²) >= 11 is 0. The molecule has 2 nitrogen and oxygen atoms in total. The molecule has 4 aliphatic rings. The summed E-state index contributed by atoms with van der Waals surface area (Å²) in [5.74, 6) is 3.93. The summed E-state index contributed by atoms with van der Waals surface area (Å²) in [6, 6.07) is 0. The second kappa shape index (κ2) is 5.93. The molecule has 0 heterocycles. The largest absolute Gasteiger partial charge is 0.455 e. The van der Waals surface area contributed by atoms with Crippen molar-refractivity contribution >= 4 is 5.97 Å². The lowest BCUT2D eigenvalue weighted by Crippen LogP contribution is -2.50. The van der Waals surface area contributed by atoms with Crippen LogP contribution in [0.3, 0.4) is 0 Å². The van der Waals surface area contributed by atoms with Gasteiger partial charge in [0.05, 0.1) is 0 Å². The van der Waals surface area contributed by atoms with E-state index in [0.29, 0.717) is 11.5 Å². The van der Waals surface area contributed by atoms with Crippen LogP contribution in [0.5, 0.6) is 0 Å². The zero-order valence-corrected chi connectivity index (χ0v) is 14.7. The molecule has 0 spiro atoms. The Labute approximate surface area is 141 Å². The van der Waals surface area contributed by atoms with Crippen LogP contribution in [-0.4, -0.2) is 11.6 Å². The standard InChI is InChI=1S/C21H32O2/c1-14(2)20(22)23-21(19-12-15-7-8-17(19)11-15)10-9-16-5-3-4-6-18(16)13-21/h15-19H,1,3-13H2,2H3/t15?,16?,17-,18?,19?,21?/m0/s1. The van der Waals surface area contributed by atoms with Crippen LogP contribution in [-0.2, 0) is 9.53 Å². The summed E-state index contributed by atoms with van der Waals surface area (Å²) in [6.45, 7) is 5.63. The van der Waals surface area contributed by atoms with Crippen molar-refractivity contribution in [2.24, 2.45) is 29.6 Å². The first-order valence-corrected chi connectivity index (χ1v) is 9.96. The molecular weight excluding hydrogens is 284 g/mol. The normalized spacial score (nSPS) is 45.5. The van der Waals surface area contributed by atoms with Crippen LogP contribution in [0.15, 0.2) is 12.2 Å². The minimum atomic E-state index is -0.158. The molecule has 0 aromatic heterocycles. The molecule has 2 heteroatoms. The summed E-state index contributed by atoms with van der Waals surface area (Å²) in [4.78, 5) is 12.4. The highest BCUT2D eigenvalue weighted by molar-refractivity contribution is 5.87. The van der Waals surface area contributed by atoms with Crippen LogP contribution in [0.1, 0.15) is 77.6 Å². The number of ether oxygens (including phenoxy) is 1. The van der Waals surface area contributed by atoms with E-state index in [1.165, 1.54) is 57.8 Å². The van der Waals surface area contributed by atoms with Crippen LogP contribution in [0.2, 0.25) is 0 Å². The molecule has 0 aromatic rings. The van der Waals surface area contributed by atoms with E-state index in [0.717, 1.165) is 36.5 Å².